The molecule has 4 N–H and O–H groups in total. The van der Waals surface area contributed by atoms with E-state index in [9.17, 15) is 27.6 Å². The number of nitrogens with zero attached hydrogens (tertiary/aromatic N) is 2. The van der Waals surface area contributed by atoms with Gasteiger partial charge in [-0.1, -0.05) is 20.8 Å². The molecule has 0 aromatic carbocycles. The molecular formula is C25H38F3N5O4. The van der Waals surface area contributed by atoms with Gasteiger partial charge in [0.25, 0.3) is 0 Å². The monoisotopic (exact) mass is 529 g/mol. The average Bonchev–Trinajstić information content (AvgIpc) is 3.43. The first kappa shape index (κ1) is 30.4. The average molecular weight is 530 g/mol. The van der Waals surface area contributed by atoms with Crippen LogP contribution < -0.4 is 16.4 Å². The van der Waals surface area contributed by atoms with Gasteiger partial charge in [0.1, 0.15) is 6.04 Å². The molecule has 12 heteroatoms. The summed E-state index contributed by atoms with van der Waals surface area (Å²) in [6, 6.07) is 1.38. The predicted octanol–water partition coefficient (Wildman–Crippen LogP) is 2.25. The first-order chi connectivity index (χ1) is 16.8. The number of alkyl halides is 3. The van der Waals surface area contributed by atoms with E-state index < -0.39 is 18.1 Å². The quantitative estimate of drug-likeness (QED) is 0.452. The van der Waals surface area contributed by atoms with Crippen molar-refractivity contribution in [1.29, 1.82) is 5.26 Å². The van der Waals surface area contributed by atoms with Crippen LogP contribution in [-0.2, 0) is 19.2 Å². The molecule has 4 unspecified atom stereocenters. The summed E-state index contributed by atoms with van der Waals surface area (Å²) in [6.45, 7) is 12.9. The second-order valence-corrected chi connectivity index (χ2v) is 12.2. The van der Waals surface area contributed by atoms with Crippen molar-refractivity contribution in [2.24, 2.45) is 34.3 Å². The Kier molecular flexibility index (Phi) is 8.93. The maximum Gasteiger partial charge on any atom is 0.470 e. The van der Waals surface area contributed by atoms with Gasteiger partial charge in [0.05, 0.1) is 6.07 Å². The van der Waals surface area contributed by atoms with E-state index in [1.807, 2.05) is 19.9 Å². The molecule has 0 spiro atoms. The van der Waals surface area contributed by atoms with Gasteiger partial charge in [-0.2, -0.15) is 18.4 Å². The Morgan fingerprint density at radius 1 is 1.22 bits per heavy atom. The fourth-order valence-corrected chi connectivity index (χ4v) is 5.11. The third-order valence-corrected chi connectivity index (χ3v) is 7.97. The zero-order valence-corrected chi connectivity index (χ0v) is 22.1. The lowest BCUT2D eigenvalue weighted by Crippen LogP contribution is -2.35. The number of likely N-dealkylation sites (tertiary alicyclic amines) is 1. The summed E-state index contributed by atoms with van der Waals surface area (Å²) in [5.74, 6) is -0.461. The van der Waals surface area contributed by atoms with Gasteiger partial charge in [0, 0.05) is 31.0 Å². The largest absolute Gasteiger partial charge is 0.470 e. The van der Waals surface area contributed by atoms with Crippen molar-refractivity contribution < 1.29 is 32.3 Å². The van der Waals surface area contributed by atoms with Gasteiger partial charge in [0.2, 0.25) is 18.2 Å². The molecule has 0 aromatic heterocycles. The molecule has 2 aliphatic carbocycles. The summed E-state index contributed by atoms with van der Waals surface area (Å²) in [7, 11) is 0. The molecule has 2 saturated carbocycles. The molecule has 0 radical (unpaired) electrons. The van der Waals surface area contributed by atoms with E-state index in [2.05, 4.69) is 42.0 Å². The molecule has 0 bridgehead atoms. The van der Waals surface area contributed by atoms with Crippen LogP contribution in [0, 0.1) is 39.9 Å². The lowest BCUT2D eigenvalue weighted by Gasteiger charge is -2.23. The van der Waals surface area contributed by atoms with Gasteiger partial charge in [-0.3, -0.25) is 19.2 Å². The van der Waals surface area contributed by atoms with Crippen molar-refractivity contribution in [3.05, 3.63) is 0 Å². The van der Waals surface area contributed by atoms with Crippen LogP contribution in [0.4, 0.5) is 13.2 Å². The van der Waals surface area contributed by atoms with Gasteiger partial charge in [-0.15, -0.1) is 0 Å². The number of rotatable bonds is 6. The normalized spacial score (nSPS) is 28.0. The van der Waals surface area contributed by atoms with Crippen molar-refractivity contribution in [2.75, 3.05) is 13.1 Å². The molecular weight excluding hydrogens is 491 g/mol. The van der Waals surface area contributed by atoms with Crippen molar-refractivity contribution in [3.63, 3.8) is 0 Å². The van der Waals surface area contributed by atoms with E-state index in [-0.39, 0.29) is 17.4 Å². The summed E-state index contributed by atoms with van der Waals surface area (Å²) in [6.07, 6.45) is 0.0175. The number of halogens is 3. The maximum atomic E-state index is 12.0. The van der Waals surface area contributed by atoms with E-state index in [0.29, 0.717) is 36.0 Å². The Labute approximate surface area is 215 Å². The molecule has 4 aliphatic rings. The number of nitrogens with one attached hydrogen (secondary N) is 2. The van der Waals surface area contributed by atoms with Crippen LogP contribution in [0.15, 0.2) is 0 Å². The van der Waals surface area contributed by atoms with Crippen LogP contribution in [0.2, 0.25) is 0 Å². The van der Waals surface area contributed by atoms with Crippen LogP contribution in [0.1, 0.15) is 66.7 Å². The number of hydrogen-bond donors (Lipinski definition) is 3. The number of carbonyl (C=O) groups is 4. The van der Waals surface area contributed by atoms with Crippen molar-refractivity contribution in [3.8, 4) is 6.07 Å². The molecule has 208 valence electrons. The Morgan fingerprint density at radius 3 is 2.08 bits per heavy atom. The number of carbonyl (C=O) groups excluding carboxylic acids is 4. The molecule has 37 heavy (non-hydrogen) atoms. The number of amides is 4. The highest BCUT2D eigenvalue weighted by molar-refractivity contribution is 5.82. The molecule has 4 fully saturated rings. The van der Waals surface area contributed by atoms with Crippen LogP contribution in [-0.4, -0.2) is 59.9 Å². The smallest absolute Gasteiger partial charge is 0.362 e. The Morgan fingerprint density at radius 2 is 1.73 bits per heavy atom. The number of piperidine rings is 1. The van der Waals surface area contributed by atoms with Crippen LogP contribution in [0.5, 0.6) is 0 Å². The number of nitriles is 1. The lowest BCUT2D eigenvalue weighted by atomic mass is 9.92. The highest BCUT2D eigenvalue weighted by Gasteiger charge is 2.62. The van der Waals surface area contributed by atoms with Crippen molar-refractivity contribution in [1.82, 2.24) is 15.5 Å². The molecule has 9 nitrogen and oxygen atoms in total. The third kappa shape index (κ3) is 8.33. The first-order valence-electron chi connectivity index (χ1n) is 12.4. The number of primary amides is 1. The van der Waals surface area contributed by atoms with Gasteiger partial charge in [0.15, 0.2) is 0 Å². The highest BCUT2D eigenvalue weighted by Crippen LogP contribution is 2.62. The highest BCUT2D eigenvalue weighted by atomic mass is 19.4. The van der Waals surface area contributed by atoms with Gasteiger partial charge < -0.3 is 21.3 Å². The van der Waals surface area contributed by atoms with Crippen molar-refractivity contribution in [2.45, 2.75) is 84.5 Å². The van der Waals surface area contributed by atoms with E-state index in [1.165, 1.54) is 12.8 Å². The summed E-state index contributed by atoms with van der Waals surface area (Å²) >= 11 is 0. The van der Waals surface area contributed by atoms with E-state index in [0.717, 1.165) is 31.3 Å². The Balaban J connectivity index is 0.000000210. The predicted molar refractivity (Wildman–Crippen MR) is 128 cm³/mol. The third-order valence-electron chi connectivity index (χ3n) is 7.97. The number of hydrogen-bond acceptors (Lipinski definition) is 5. The van der Waals surface area contributed by atoms with E-state index in [1.54, 1.807) is 0 Å². The second kappa shape index (κ2) is 10.9. The molecule has 2 aliphatic heterocycles. The molecule has 2 heterocycles. The van der Waals surface area contributed by atoms with Gasteiger partial charge in [-0.05, 0) is 62.2 Å². The minimum absolute atomic E-state index is 0.0343. The second-order valence-electron chi connectivity index (χ2n) is 12.2. The minimum Gasteiger partial charge on any atom is -0.362 e. The molecule has 2 saturated heterocycles. The van der Waals surface area contributed by atoms with E-state index in [4.69, 9.17) is 10.1 Å². The fourth-order valence-electron chi connectivity index (χ4n) is 5.11. The summed E-state index contributed by atoms with van der Waals surface area (Å²) in [4.78, 5) is 44.9. The molecule has 4 atom stereocenters. The van der Waals surface area contributed by atoms with Crippen LogP contribution in [0.25, 0.3) is 0 Å². The van der Waals surface area contributed by atoms with Gasteiger partial charge >= 0.3 is 12.1 Å². The standard InChI is InChI=1S/C13H21NO.C10H15N3O2.C2H2F3NO/c1-12(2)9-7-14(8-10(9)12)11(15)6-13(3)4-5-13;1-10(2)4-7(9(15)13-10)3-8(5-11)12-6-14;3-2(4,5)1(6)7/h9-10H,4-8H2,1-3H3;6-8H,3-4H2,1-2H3,(H,12,14)(H,13,15);(H2,6,7). The fraction of sp³-hybridized carbons (Fsp3) is 0.800. The summed E-state index contributed by atoms with van der Waals surface area (Å²) < 4.78 is 32.1. The minimum atomic E-state index is -4.86. The lowest BCUT2D eigenvalue weighted by molar-refractivity contribution is -0.169. The molecule has 0 aromatic rings. The van der Waals surface area contributed by atoms with E-state index >= 15 is 0 Å². The summed E-state index contributed by atoms with van der Waals surface area (Å²) in [5.41, 5.74) is 4.50. The maximum absolute atomic E-state index is 12.0. The first-order valence-corrected chi connectivity index (χ1v) is 12.4. The van der Waals surface area contributed by atoms with Gasteiger partial charge in [-0.25, -0.2) is 0 Å². The number of nitrogens with two attached hydrogens (primary N) is 1. The van der Waals surface area contributed by atoms with Crippen molar-refractivity contribution >= 4 is 24.1 Å². The summed E-state index contributed by atoms with van der Waals surface area (Å²) in [5, 5.41) is 14.0. The molecule has 4 amide bonds. The van der Waals surface area contributed by atoms with Crippen LogP contribution in [0.3, 0.4) is 0 Å². The molecule has 4 rings (SSSR count). The number of fused-ring (bicyclic) bond motifs is 1. The Hall–Kier alpha value is -2.84. The zero-order chi connectivity index (χ0) is 28.4. The SMILES string of the molecule is CC1(C)CC(CC(C#N)NC=O)C(=O)N1.CC1(CC(=O)N2CC3C(C2)C3(C)C)CC1.NC(=O)C(F)(F)F. The Bertz CT molecular complexity index is 926. The topological polar surface area (TPSA) is 145 Å². The zero-order valence-electron chi connectivity index (χ0n) is 22.1. The van der Waals surface area contributed by atoms with Crippen LogP contribution >= 0.6 is 0 Å².